The number of benzene rings is 5. The van der Waals surface area contributed by atoms with Gasteiger partial charge in [-0.05, 0) is 47.0 Å². The van der Waals surface area contributed by atoms with Crippen LogP contribution in [0.1, 0.15) is 16.7 Å². The average molecular weight is 519 g/mol. The molecule has 0 spiro atoms. The molecule has 1 atom stereocenters. The molecule has 7 rings (SSSR count). The number of para-hydroxylation sites is 3. The van der Waals surface area contributed by atoms with E-state index in [-0.39, 0.29) is 0 Å². The molecule has 168 valence electrons. The van der Waals surface area contributed by atoms with Crippen molar-refractivity contribution in [2.75, 3.05) is 0 Å². The summed E-state index contributed by atoms with van der Waals surface area (Å²) in [4.78, 5) is 0. The molecule has 5 aromatic rings. The van der Waals surface area contributed by atoms with E-state index in [1.54, 1.807) is 0 Å². The molecule has 2 aliphatic rings. The average Bonchev–Trinajstić information content (AvgIpc) is 3.16. The summed E-state index contributed by atoms with van der Waals surface area (Å²) >= 11 is 3.61. The second-order valence-electron chi connectivity index (χ2n) is 8.78. The Morgan fingerprint density at radius 1 is 0.514 bits per heavy atom. The van der Waals surface area contributed by atoms with E-state index < -0.39 is 5.60 Å². The maximum absolute atomic E-state index is 12.6. The van der Waals surface area contributed by atoms with Crippen LogP contribution in [0, 0.1) is 0 Å². The summed E-state index contributed by atoms with van der Waals surface area (Å²) in [6, 6.07) is 35.7. The standard InChI is InChI=1S/C31H19BrO3/c32-19-16-17-22-20-8-1-3-11-24(20)31(33,26(22)18-19)25-12-4-2-9-21(25)23-10-7-15-29-30(23)35-28-14-6-5-13-27(28)34-29/h1-18,33H. The topological polar surface area (TPSA) is 38.7 Å². The highest BCUT2D eigenvalue weighted by atomic mass is 79.9. The molecule has 0 saturated carbocycles. The van der Waals surface area contributed by atoms with Crippen LogP contribution in [0.5, 0.6) is 23.0 Å². The number of hydrogen-bond donors (Lipinski definition) is 1. The van der Waals surface area contributed by atoms with Crippen LogP contribution >= 0.6 is 15.9 Å². The molecular weight excluding hydrogens is 500 g/mol. The van der Waals surface area contributed by atoms with Gasteiger partial charge < -0.3 is 14.6 Å². The summed E-state index contributed by atoms with van der Waals surface area (Å²) in [7, 11) is 0. The van der Waals surface area contributed by atoms with Gasteiger partial charge in [-0.25, -0.2) is 0 Å². The molecule has 0 amide bonds. The van der Waals surface area contributed by atoms with E-state index in [9.17, 15) is 5.11 Å². The minimum Gasteiger partial charge on any atom is -0.449 e. The molecule has 35 heavy (non-hydrogen) atoms. The Morgan fingerprint density at radius 2 is 1.06 bits per heavy atom. The smallest absolute Gasteiger partial charge is 0.177 e. The molecule has 4 heteroatoms. The number of hydrogen-bond acceptors (Lipinski definition) is 3. The number of aliphatic hydroxyl groups is 1. The highest BCUT2D eigenvalue weighted by molar-refractivity contribution is 9.10. The van der Waals surface area contributed by atoms with Crippen LogP contribution in [0.25, 0.3) is 22.3 Å². The molecule has 1 aliphatic carbocycles. The third kappa shape index (κ3) is 2.94. The fourth-order valence-corrected chi connectivity index (χ4v) is 5.67. The van der Waals surface area contributed by atoms with Crippen molar-refractivity contribution in [3.05, 3.63) is 130 Å². The summed E-state index contributed by atoms with van der Waals surface area (Å²) in [6.07, 6.45) is 0. The molecule has 0 aromatic heterocycles. The van der Waals surface area contributed by atoms with Crippen LogP contribution in [-0.4, -0.2) is 5.11 Å². The molecule has 1 aliphatic heterocycles. The van der Waals surface area contributed by atoms with Gasteiger partial charge in [-0.15, -0.1) is 0 Å². The highest BCUT2D eigenvalue weighted by Gasteiger charge is 2.44. The summed E-state index contributed by atoms with van der Waals surface area (Å²) in [6.45, 7) is 0. The maximum atomic E-state index is 12.6. The van der Waals surface area contributed by atoms with Crippen molar-refractivity contribution < 1.29 is 14.6 Å². The van der Waals surface area contributed by atoms with Gasteiger partial charge in [-0.1, -0.05) is 94.8 Å². The summed E-state index contributed by atoms with van der Waals surface area (Å²) in [5.41, 5.74) is 5.00. The first kappa shape index (κ1) is 20.5. The second-order valence-corrected chi connectivity index (χ2v) is 9.69. The third-order valence-corrected chi connectivity index (χ3v) is 7.34. The summed E-state index contributed by atoms with van der Waals surface area (Å²) in [5.74, 6) is 2.65. The molecule has 3 nitrogen and oxygen atoms in total. The lowest BCUT2D eigenvalue weighted by molar-refractivity contribution is 0.131. The molecule has 5 aromatic carbocycles. The lowest BCUT2D eigenvalue weighted by atomic mass is 9.80. The predicted molar refractivity (Wildman–Crippen MR) is 140 cm³/mol. The van der Waals surface area contributed by atoms with Crippen LogP contribution in [0.15, 0.2) is 114 Å². The van der Waals surface area contributed by atoms with E-state index >= 15 is 0 Å². The van der Waals surface area contributed by atoms with Crippen molar-refractivity contribution in [1.29, 1.82) is 0 Å². The van der Waals surface area contributed by atoms with Gasteiger partial charge in [0.25, 0.3) is 0 Å². The Morgan fingerprint density at radius 3 is 1.80 bits per heavy atom. The minimum absolute atomic E-state index is 0.642. The van der Waals surface area contributed by atoms with Gasteiger partial charge in [-0.3, -0.25) is 0 Å². The van der Waals surface area contributed by atoms with Gasteiger partial charge in [0, 0.05) is 26.7 Å². The Balaban J connectivity index is 1.48. The predicted octanol–water partition coefficient (Wildman–Crippen LogP) is 8.28. The first-order valence-electron chi connectivity index (χ1n) is 11.4. The van der Waals surface area contributed by atoms with Crippen LogP contribution in [0.3, 0.4) is 0 Å². The molecule has 1 heterocycles. The second kappa shape index (κ2) is 7.57. The molecule has 0 saturated heterocycles. The van der Waals surface area contributed by atoms with E-state index in [4.69, 9.17) is 9.47 Å². The van der Waals surface area contributed by atoms with Crippen LogP contribution in [0.2, 0.25) is 0 Å². The summed E-state index contributed by atoms with van der Waals surface area (Å²) in [5, 5.41) is 12.6. The molecule has 0 fully saturated rings. The molecule has 1 unspecified atom stereocenters. The Bertz CT molecular complexity index is 1640. The van der Waals surface area contributed by atoms with E-state index in [1.165, 1.54) is 0 Å². The van der Waals surface area contributed by atoms with Crippen molar-refractivity contribution in [3.8, 4) is 45.3 Å². The van der Waals surface area contributed by atoms with E-state index in [2.05, 4.69) is 28.1 Å². The largest absolute Gasteiger partial charge is 0.449 e. The van der Waals surface area contributed by atoms with Crippen molar-refractivity contribution in [2.24, 2.45) is 0 Å². The third-order valence-electron chi connectivity index (χ3n) is 6.85. The zero-order valence-electron chi connectivity index (χ0n) is 18.5. The summed E-state index contributed by atoms with van der Waals surface area (Å²) < 4.78 is 13.4. The van der Waals surface area contributed by atoms with E-state index in [0.717, 1.165) is 43.4 Å². The Hall–Kier alpha value is -3.86. The van der Waals surface area contributed by atoms with Crippen LogP contribution < -0.4 is 9.47 Å². The van der Waals surface area contributed by atoms with Gasteiger partial charge >= 0.3 is 0 Å². The number of fused-ring (bicyclic) bond motifs is 5. The van der Waals surface area contributed by atoms with Crippen LogP contribution in [0.4, 0.5) is 0 Å². The molecule has 0 radical (unpaired) electrons. The zero-order chi connectivity index (χ0) is 23.6. The maximum Gasteiger partial charge on any atom is 0.177 e. The fraction of sp³-hybridized carbons (Fsp3) is 0.0323. The first-order valence-corrected chi connectivity index (χ1v) is 12.2. The SMILES string of the molecule is OC1(c2ccccc2-c2cccc3c2Oc2ccccc2O3)c2ccccc2-c2ccc(Br)cc21. The molecular formula is C31H19BrO3. The zero-order valence-corrected chi connectivity index (χ0v) is 20.1. The fourth-order valence-electron chi connectivity index (χ4n) is 5.31. The van der Waals surface area contributed by atoms with Gasteiger partial charge in [0.15, 0.2) is 23.0 Å². The number of halogens is 1. The highest BCUT2D eigenvalue weighted by Crippen LogP contribution is 2.55. The Kier molecular flexibility index (Phi) is 4.44. The lowest BCUT2D eigenvalue weighted by Crippen LogP contribution is -2.27. The van der Waals surface area contributed by atoms with Gasteiger partial charge in [-0.2, -0.15) is 0 Å². The van der Waals surface area contributed by atoms with Gasteiger partial charge in [0.2, 0.25) is 0 Å². The van der Waals surface area contributed by atoms with Crippen LogP contribution in [-0.2, 0) is 5.60 Å². The van der Waals surface area contributed by atoms with Crippen molar-refractivity contribution in [2.45, 2.75) is 5.60 Å². The van der Waals surface area contributed by atoms with Crippen molar-refractivity contribution in [3.63, 3.8) is 0 Å². The van der Waals surface area contributed by atoms with E-state index in [0.29, 0.717) is 23.0 Å². The van der Waals surface area contributed by atoms with Gasteiger partial charge in [0.1, 0.15) is 5.60 Å². The van der Waals surface area contributed by atoms with Crippen molar-refractivity contribution >= 4 is 15.9 Å². The van der Waals surface area contributed by atoms with Gasteiger partial charge in [0.05, 0.1) is 0 Å². The minimum atomic E-state index is -1.33. The number of ether oxygens (including phenoxy) is 2. The monoisotopic (exact) mass is 518 g/mol. The lowest BCUT2D eigenvalue weighted by Gasteiger charge is -2.30. The Labute approximate surface area is 211 Å². The van der Waals surface area contributed by atoms with E-state index in [1.807, 2.05) is 97.1 Å². The normalized spacial score (nSPS) is 16.9. The molecule has 1 N–H and O–H groups in total. The first-order chi connectivity index (χ1) is 17.1. The van der Waals surface area contributed by atoms with Crippen molar-refractivity contribution in [1.82, 2.24) is 0 Å². The molecule has 0 bridgehead atoms. The number of rotatable bonds is 2. The quantitative estimate of drug-likeness (QED) is 0.250.